The zero-order valence-electron chi connectivity index (χ0n) is 16.5. The summed E-state index contributed by atoms with van der Waals surface area (Å²) in [6.45, 7) is 8.52. The summed E-state index contributed by atoms with van der Waals surface area (Å²) in [6.07, 6.45) is 0.525. The standard InChI is InChI=1S/C20H27ClN4O3/c1-13(2)20(18(27)22-19(28)23-20)7-6-17(26)25-10-8-24(9-11-25)16-12-15(21)5-4-14(16)3/h4-5,12-13H,6-11H2,1-3H3,(H2,22,23,27,28). The number of hydrogen-bond acceptors (Lipinski definition) is 4. The molecule has 2 heterocycles. The number of carbonyl (C=O) groups is 3. The molecule has 2 aliphatic rings. The smallest absolute Gasteiger partial charge is 0.322 e. The molecule has 1 unspecified atom stereocenters. The molecule has 0 spiro atoms. The van der Waals surface area contributed by atoms with Crippen LogP contribution in [0.5, 0.6) is 0 Å². The Morgan fingerprint density at radius 3 is 2.46 bits per heavy atom. The highest BCUT2D eigenvalue weighted by Crippen LogP contribution is 2.28. The maximum Gasteiger partial charge on any atom is 0.322 e. The summed E-state index contributed by atoms with van der Waals surface area (Å²) < 4.78 is 0. The summed E-state index contributed by atoms with van der Waals surface area (Å²) in [6, 6.07) is 5.35. The van der Waals surface area contributed by atoms with Crippen molar-refractivity contribution in [3.63, 3.8) is 0 Å². The predicted molar refractivity (Wildman–Crippen MR) is 108 cm³/mol. The molecule has 0 bridgehead atoms. The molecule has 4 amide bonds. The zero-order valence-corrected chi connectivity index (χ0v) is 17.3. The van der Waals surface area contributed by atoms with Gasteiger partial charge >= 0.3 is 6.03 Å². The van der Waals surface area contributed by atoms with Gasteiger partial charge in [-0.2, -0.15) is 0 Å². The zero-order chi connectivity index (χ0) is 20.5. The van der Waals surface area contributed by atoms with Crippen LogP contribution in [0.2, 0.25) is 5.02 Å². The maximum atomic E-state index is 12.7. The summed E-state index contributed by atoms with van der Waals surface area (Å²) in [7, 11) is 0. The van der Waals surface area contributed by atoms with Crippen molar-refractivity contribution in [2.24, 2.45) is 5.92 Å². The lowest BCUT2D eigenvalue weighted by Crippen LogP contribution is -2.53. The Morgan fingerprint density at radius 2 is 1.89 bits per heavy atom. The van der Waals surface area contributed by atoms with Crippen LogP contribution in [-0.2, 0) is 9.59 Å². The van der Waals surface area contributed by atoms with E-state index in [-0.39, 0.29) is 24.2 Å². The van der Waals surface area contributed by atoms with Crippen molar-refractivity contribution in [1.82, 2.24) is 15.5 Å². The number of aryl methyl sites for hydroxylation is 1. The minimum atomic E-state index is -1.01. The quantitative estimate of drug-likeness (QED) is 0.735. The molecule has 2 N–H and O–H groups in total. The first kappa shape index (κ1) is 20.5. The fourth-order valence-electron chi connectivity index (χ4n) is 3.96. The van der Waals surface area contributed by atoms with Gasteiger partial charge in [0.15, 0.2) is 0 Å². The van der Waals surface area contributed by atoms with Crippen molar-refractivity contribution in [2.45, 2.75) is 39.2 Å². The van der Waals surface area contributed by atoms with E-state index >= 15 is 0 Å². The van der Waals surface area contributed by atoms with E-state index in [1.807, 2.05) is 36.9 Å². The second-order valence-electron chi connectivity index (χ2n) is 7.83. The van der Waals surface area contributed by atoms with Crippen molar-refractivity contribution in [1.29, 1.82) is 0 Å². The number of urea groups is 1. The number of rotatable bonds is 5. The third-order valence-electron chi connectivity index (χ3n) is 5.83. The number of carbonyl (C=O) groups excluding carboxylic acids is 3. The molecule has 28 heavy (non-hydrogen) atoms. The first-order valence-corrected chi connectivity index (χ1v) is 10.0. The van der Waals surface area contributed by atoms with E-state index in [1.165, 1.54) is 0 Å². The van der Waals surface area contributed by atoms with Gasteiger partial charge in [0.25, 0.3) is 5.91 Å². The van der Waals surface area contributed by atoms with E-state index in [0.717, 1.165) is 24.3 Å². The third-order valence-corrected chi connectivity index (χ3v) is 6.07. The highest BCUT2D eigenvalue weighted by Gasteiger charge is 2.48. The van der Waals surface area contributed by atoms with Gasteiger partial charge < -0.3 is 15.1 Å². The van der Waals surface area contributed by atoms with E-state index in [0.29, 0.717) is 24.5 Å². The van der Waals surface area contributed by atoms with Crippen LogP contribution in [0.15, 0.2) is 18.2 Å². The first-order chi connectivity index (χ1) is 13.2. The van der Waals surface area contributed by atoms with Gasteiger partial charge in [0.05, 0.1) is 0 Å². The molecule has 2 fully saturated rings. The van der Waals surface area contributed by atoms with Gasteiger partial charge in [-0.05, 0) is 37.0 Å². The Labute approximate surface area is 170 Å². The molecule has 0 saturated carbocycles. The fraction of sp³-hybridized carbons (Fsp3) is 0.550. The van der Waals surface area contributed by atoms with Gasteiger partial charge in [-0.25, -0.2) is 4.79 Å². The van der Waals surface area contributed by atoms with Crippen LogP contribution < -0.4 is 15.5 Å². The summed E-state index contributed by atoms with van der Waals surface area (Å²) in [5.74, 6) is -0.438. The predicted octanol–water partition coefficient (Wildman–Crippen LogP) is 2.31. The summed E-state index contributed by atoms with van der Waals surface area (Å²) >= 11 is 6.13. The molecular formula is C20H27ClN4O3. The van der Waals surface area contributed by atoms with E-state index in [1.54, 1.807) is 0 Å². The number of nitrogens with zero attached hydrogens (tertiary/aromatic N) is 2. The van der Waals surface area contributed by atoms with Crippen molar-refractivity contribution >= 4 is 35.1 Å². The van der Waals surface area contributed by atoms with Gasteiger partial charge in [0, 0.05) is 43.3 Å². The Kier molecular flexibility index (Phi) is 5.84. The molecule has 1 aromatic carbocycles. The minimum absolute atomic E-state index is 0.0106. The molecule has 0 aromatic heterocycles. The first-order valence-electron chi connectivity index (χ1n) is 9.65. The molecule has 2 aliphatic heterocycles. The Morgan fingerprint density at radius 1 is 1.21 bits per heavy atom. The van der Waals surface area contributed by atoms with Gasteiger partial charge in [-0.3, -0.25) is 14.9 Å². The second-order valence-corrected chi connectivity index (χ2v) is 8.27. The Hall–Kier alpha value is -2.28. The normalized spacial score (nSPS) is 22.5. The molecule has 1 atom stereocenters. The summed E-state index contributed by atoms with van der Waals surface area (Å²) in [5, 5.41) is 5.72. The van der Waals surface area contributed by atoms with E-state index in [2.05, 4.69) is 22.5 Å². The molecule has 1 aromatic rings. The second kappa shape index (κ2) is 7.99. The van der Waals surface area contributed by atoms with Crippen LogP contribution in [-0.4, -0.2) is 54.5 Å². The minimum Gasteiger partial charge on any atom is -0.368 e. The molecule has 7 nitrogen and oxygen atoms in total. The number of nitrogens with one attached hydrogen (secondary N) is 2. The van der Waals surface area contributed by atoms with Crippen LogP contribution >= 0.6 is 11.6 Å². The van der Waals surface area contributed by atoms with Gasteiger partial charge in [0.2, 0.25) is 5.91 Å². The van der Waals surface area contributed by atoms with Crippen LogP contribution in [0.25, 0.3) is 0 Å². The number of halogens is 1. The number of amides is 4. The average Bonchev–Trinajstić information content (AvgIpc) is 2.96. The summed E-state index contributed by atoms with van der Waals surface area (Å²) in [5.41, 5.74) is 1.25. The Balaban J connectivity index is 1.57. The maximum absolute atomic E-state index is 12.7. The lowest BCUT2D eigenvalue weighted by Gasteiger charge is -2.37. The van der Waals surface area contributed by atoms with E-state index in [4.69, 9.17) is 11.6 Å². The number of benzene rings is 1. The number of imide groups is 1. The topological polar surface area (TPSA) is 81.8 Å². The van der Waals surface area contributed by atoms with Crippen molar-refractivity contribution in [3.8, 4) is 0 Å². The lowest BCUT2D eigenvalue weighted by atomic mass is 9.82. The average molecular weight is 407 g/mol. The largest absolute Gasteiger partial charge is 0.368 e. The van der Waals surface area contributed by atoms with Crippen LogP contribution in [0.4, 0.5) is 10.5 Å². The van der Waals surface area contributed by atoms with Crippen molar-refractivity contribution in [3.05, 3.63) is 28.8 Å². The molecule has 2 saturated heterocycles. The number of piperazine rings is 1. The number of hydrogen-bond donors (Lipinski definition) is 2. The van der Waals surface area contributed by atoms with Gasteiger partial charge in [0.1, 0.15) is 5.54 Å². The van der Waals surface area contributed by atoms with Crippen LogP contribution in [0.1, 0.15) is 32.3 Å². The molecular weight excluding hydrogens is 380 g/mol. The highest BCUT2D eigenvalue weighted by atomic mass is 35.5. The van der Waals surface area contributed by atoms with Crippen LogP contribution in [0, 0.1) is 12.8 Å². The van der Waals surface area contributed by atoms with Gasteiger partial charge in [-0.1, -0.05) is 31.5 Å². The van der Waals surface area contributed by atoms with Crippen molar-refractivity contribution < 1.29 is 14.4 Å². The molecule has 152 valence electrons. The Bertz CT molecular complexity index is 790. The van der Waals surface area contributed by atoms with E-state index < -0.39 is 11.6 Å². The molecule has 0 radical (unpaired) electrons. The van der Waals surface area contributed by atoms with Gasteiger partial charge in [-0.15, -0.1) is 0 Å². The third kappa shape index (κ3) is 3.94. The molecule has 3 rings (SSSR count). The summed E-state index contributed by atoms with van der Waals surface area (Å²) in [4.78, 5) is 40.6. The fourth-order valence-corrected chi connectivity index (χ4v) is 4.13. The van der Waals surface area contributed by atoms with Crippen LogP contribution in [0.3, 0.4) is 0 Å². The van der Waals surface area contributed by atoms with E-state index in [9.17, 15) is 14.4 Å². The number of anilines is 1. The SMILES string of the molecule is Cc1ccc(Cl)cc1N1CCN(C(=O)CCC2(C(C)C)NC(=O)NC2=O)CC1. The molecule has 8 heteroatoms. The monoisotopic (exact) mass is 406 g/mol. The molecule has 0 aliphatic carbocycles. The lowest BCUT2D eigenvalue weighted by molar-refractivity contribution is -0.132. The van der Waals surface area contributed by atoms with Crippen molar-refractivity contribution in [2.75, 3.05) is 31.1 Å². The highest BCUT2D eigenvalue weighted by molar-refractivity contribution is 6.30.